The summed E-state index contributed by atoms with van der Waals surface area (Å²) in [5.41, 5.74) is -0.123. The Kier molecular flexibility index (Phi) is 5.81. The number of rotatable bonds is 8. The van der Waals surface area contributed by atoms with Crippen molar-refractivity contribution in [3.8, 4) is 0 Å². The second-order valence-corrected chi connectivity index (χ2v) is 4.93. The molecule has 0 aliphatic carbocycles. The molecule has 0 radical (unpaired) electrons. The molecule has 132 valence electrons. The molecule has 2 heterocycles. The van der Waals surface area contributed by atoms with E-state index in [0.717, 1.165) is 0 Å². The summed E-state index contributed by atoms with van der Waals surface area (Å²) < 4.78 is 2.99. The fourth-order valence-electron chi connectivity index (χ4n) is 2.09. The van der Waals surface area contributed by atoms with Crippen molar-refractivity contribution >= 4 is 11.7 Å². The minimum atomic E-state index is -0.519. The van der Waals surface area contributed by atoms with Gasteiger partial charge in [-0.25, -0.2) is 14.5 Å². The standard InChI is InChI=1S/C12H17N7O5/c20-11(2-1-5-17-7-4-14-12(17)19(23)24)13-3-6-16-8-10(15-9-16)18(21)22/h4,7-9,14,21H,1-3,5-6H2,(H-,13,20,23,24)/q-2. The number of amides is 1. The highest BCUT2D eigenvalue weighted by atomic mass is 16.8. The second-order valence-electron chi connectivity index (χ2n) is 4.93. The molecule has 12 nitrogen and oxygen atoms in total. The molecule has 2 aromatic rings. The Morgan fingerprint density at radius 3 is 2.92 bits per heavy atom. The van der Waals surface area contributed by atoms with E-state index in [1.165, 1.54) is 23.3 Å². The van der Waals surface area contributed by atoms with E-state index < -0.39 is 4.90 Å². The number of aryl methyl sites for hydroxylation is 1. The SMILES string of the molecule is O=C(CCCn1cc[nH]c1=[N+]([O-])[O-])NCCn1cnc(N([O-])O)c1. The minimum absolute atomic E-state index is 0.123. The molecule has 0 aliphatic heterocycles. The van der Waals surface area contributed by atoms with E-state index in [1.54, 1.807) is 10.8 Å². The largest absolute Gasteiger partial charge is 0.744 e. The van der Waals surface area contributed by atoms with Crippen LogP contribution in [-0.4, -0.2) is 36.8 Å². The number of carbonyl (C=O) groups excluding carboxylic acids is 1. The smallest absolute Gasteiger partial charge is 0.358 e. The number of H-pyrrole nitrogens is 1. The second kappa shape index (κ2) is 8.03. The fourth-order valence-corrected chi connectivity index (χ4v) is 2.09. The van der Waals surface area contributed by atoms with Gasteiger partial charge in [-0.05, 0) is 6.42 Å². The van der Waals surface area contributed by atoms with Gasteiger partial charge in [-0.1, -0.05) is 0 Å². The third-order valence-electron chi connectivity index (χ3n) is 3.22. The van der Waals surface area contributed by atoms with Gasteiger partial charge < -0.3 is 30.7 Å². The lowest BCUT2D eigenvalue weighted by Crippen LogP contribution is -2.30. The molecular weight excluding hydrogens is 322 g/mol. The van der Waals surface area contributed by atoms with Gasteiger partial charge in [-0.2, -0.15) is 0 Å². The van der Waals surface area contributed by atoms with Gasteiger partial charge in [0.15, 0.2) is 5.82 Å². The van der Waals surface area contributed by atoms with E-state index in [2.05, 4.69) is 15.3 Å². The molecule has 12 heteroatoms. The molecule has 0 atom stereocenters. The number of carbonyl (C=O) groups is 1. The number of hydrogen-bond acceptors (Lipinski definition) is 7. The van der Waals surface area contributed by atoms with Gasteiger partial charge in [0.2, 0.25) is 5.91 Å². The van der Waals surface area contributed by atoms with Gasteiger partial charge in [0, 0.05) is 25.7 Å². The number of nitrogens with one attached hydrogen (secondary N) is 2. The van der Waals surface area contributed by atoms with Crippen LogP contribution in [0, 0.1) is 15.6 Å². The first-order valence-corrected chi connectivity index (χ1v) is 7.13. The number of anilines is 1. The van der Waals surface area contributed by atoms with Crippen LogP contribution in [0.2, 0.25) is 0 Å². The van der Waals surface area contributed by atoms with Crippen molar-refractivity contribution < 1.29 is 10.0 Å². The third-order valence-corrected chi connectivity index (χ3v) is 3.22. The topological polar surface area (TPSA) is 163 Å². The van der Waals surface area contributed by atoms with Gasteiger partial charge in [0.05, 0.1) is 25.3 Å². The Labute approximate surface area is 136 Å². The molecular formula is C12H17N7O5-2. The molecule has 0 aromatic carbocycles. The Morgan fingerprint density at radius 2 is 2.25 bits per heavy atom. The highest BCUT2D eigenvalue weighted by molar-refractivity contribution is 5.75. The van der Waals surface area contributed by atoms with Crippen molar-refractivity contribution in [2.24, 2.45) is 0 Å². The van der Waals surface area contributed by atoms with Gasteiger partial charge >= 0.3 is 5.62 Å². The number of aromatic nitrogens is 4. The monoisotopic (exact) mass is 339 g/mol. The summed E-state index contributed by atoms with van der Waals surface area (Å²) in [5, 5.41) is 43.1. The summed E-state index contributed by atoms with van der Waals surface area (Å²) in [6.07, 6.45) is 6.42. The van der Waals surface area contributed by atoms with Crippen molar-refractivity contribution in [1.82, 2.24) is 29.3 Å². The van der Waals surface area contributed by atoms with Crippen LogP contribution < -0.4 is 21.1 Å². The van der Waals surface area contributed by atoms with Crippen LogP contribution in [0.1, 0.15) is 12.8 Å². The molecule has 2 aromatic heterocycles. The van der Waals surface area contributed by atoms with E-state index in [4.69, 9.17) is 5.21 Å². The molecule has 1 amide bonds. The van der Waals surface area contributed by atoms with Crippen LogP contribution in [-0.2, 0) is 17.9 Å². The first-order chi connectivity index (χ1) is 11.5. The Balaban J connectivity index is 1.68. The molecule has 3 N–H and O–H groups in total. The number of nitrogens with zero attached hydrogens (tertiary/aromatic N) is 5. The van der Waals surface area contributed by atoms with Gasteiger partial charge in [0.25, 0.3) is 0 Å². The van der Waals surface area contributed by atoms with E-state index in [-0.39, 0.29) is 29.0 Å². The van der Waals surface area contributed by atoms with Crippen LogP contribution in [0.3, 0.4) is 0 Å². The van der Waals surface area contributed by atoms with E-state index >= 15 is 0 Å². The summed E-state index contributed by atoms with van der Waals surface area (Å²) in [6, 6.07) is 0. The first kappa shape index (κ1) is 17.4. The lowest BCUT2D eigenvalue weighted by Gasteiger charge is -2.17. The molecule has 0 fully saturated rings. The van der Waals surface area contributed by atoms with Crippen molar-refractivity contribution in [2.75, 3.05) is 11.8 Å². The Bertz CT molecular complexity index is 728. The Morgan fingerprint density at radius 1 is 1.46 bits per heavy atom. The molecule has 24 heavy (non-hydrogen) atoms. The van der Waals surface area contributed by atoms with Crippen LogP contribution >= 0.6 is 0 Å². The zero-order valence-corrected chi connectivity index (χ0v) is 12.7. The van der Waals surface area contributed by atoms with Gasteiger partial charge in [-0.15, -0.1) is 0 Å². The van der Waals surface area contributed by atoms with E-state index in [0.29, 0.717) is 26.1 Å². The van der Waals surface area contributed by atoms with Crippen LogP contribution in [0.5, 0.6) is 0 Å². The molecule has 0 saturated carbocycles. The van der Waals surface area contributed by atoms with Gasteiger partial charge in [-0.3, -0.25) is 14.9 Å². The minimum Gasteiger partial charge on any atom is -0.744 e. The molecule has 0 saturated heterocycles. The summed E-state index contributed by atoms with van der Waals surface area (Å²) in [4.78, 5) is 17.4. The molecule has 0 unspecified atom stereocenters. The van der Waals surface area contributed by atoms with Crippen molar-refractivity contribution in [2.45, 2.75) is 25.9 Å². The highest BCUT2D eigenvalue weighted by Crippen LogP contribution is 2.05. The van der Waals surface area contributed by atoms with Crippen LogP contribution in [0.15, 0.2) is 24.9 Å². The van der Waals surface area contributed by atoms with Crippen molar-refractivity contribution in [3.63, 3.8) is 0 Å². The maximum absolute atomic E-state index is 11.7. The fraction of sp³-hybridized carbons (Fsp3) is 0.417. The maximum atomic E-state index is 11.7. The zero-order valence-electron chi connectivity index (χ0n) is 12.7. The number of imidazole rings is 2. The summed E-state index contributed by atoms with van der Waals surface area (Å²) in [5.74, 6) is -0.312. The number of aromatic amines is 1. The summed E-state index contributed by atoms with van der Waals surface area (Å²) >= 11 is 0. The normalized spacial score (nSPS) is 10.6. The Hall–Kier alpha value is -2.99. The quantitative estimate of drug-likeness (QED) is 0.523. The van der Waals surface area contributed by atoms with Crippen LogP contribution in [0.4, 0.5) is 5.82 Å². The lowest BCUT2D eigenvalue weighted by molar-refractivity contribution is -0.121. The molecule has 0 bridgehead atoms. The highest BCUT2D eigenvalue weighted by Gasteiger charge is 2.05. The van der Waals surface area contributed by atoms with Crippen molar-refractivity contribution in [1.29, 1.82) is 0 Å². The average molecular weight is 339 g/mol. The summed E-state index contributed by atoms with van der Waals surface area (Å²) in [7, 11) is 0. The first-order valence-electron chi connectivity index (χ1n) is 7.13. The lowest BCUT2D eigenvalue weighted by atomic mass is 10.3. The zero-order chi connectivity index (χ0) is 17.5. The van der Waals surface area contributed by atoms with Crippen molar-refractivity contribution in [3.05, 3.63) is 46.2 Å². The predicted molar refractivity (Wildman–Crippen MR) is 82.9 cm³/mol. The number of hydrogen-bond donors (Lipinski definition) is 3. The van der Waals surface area contributed by atoms with Crippen LogP contribution in [0.25, 0.3) is 0 Å². The maximum Gasteiger partial charge on any atom is 0.358 e. The van der Waals surface area contributed by atoms with E-state index in [1.807, 2.05) is 0 Å². The molecule has 2 rings (SSSR count). The molecule has 0 spiro atoms. The third kappa shape index (κ3) is 4.76. The summed E-state index contributed by atoms with van der Waals surface area (Å²) in [6.45, 7) is 1.08. The molecule has 0 aliphatic rings. The van der Waals surface area contributed by atoms with E-state index in [9.17, 15) is 20.4 Å². The van der Waals surface area contributed by atoms with Gasteiger partial charge in [0.1, 0.15) is 0 Å². The average Bonchev–Trinajstić information content (AvgIpc) is 3.16. The predicted octanol–water partition coefficient (Wildman–Crippen LogP) is -0.929.